The van der Waals surface area contributed by atoms with Crippen LogP contribution in [0.4, 0.5) is 0 Å². The van der Waals surface area contributed by atoms with Crippen LogP contribution in [-0.2, 0) is 4.79 Å². The average molecular weight is 285 g/mol. The predicted molar refractivity (Wildman–Crippen MR) is 76.0 cm³/mol. The van der Waals surface area contributed by atoms with Crippen molar-refractivity contribution in [2.45, 2.75) is 13.0 Å². The van der Waals surface area contributed by atoms with Gasteiger partial charge in [-0.1, -0.05) is 0 Å². The maximum atomic E-state index is 10.5. The van der Waals surface area contributed by atoms with Gasteiger partial charge < -0.3 is 20.3 Å². The second-order valence-corrected chi connectivity index (χ2v) is 4.92. The molecule has 1 aromatic rings. The van der Waals surface area contributed by atoms with Crippen molar-refractivity contribution in [3.63, 3.8) is 0 Å². The van der Waals surface area contributed by atoms with Crippen LogP contribution in [0.25, 0.3) is 0 Å². The van der Waals surface area contributed by atoms with Gasteiger partial charge in [0.25, 0.3) is 0 Å². The molecule has 0 saturated carbocycles. The Balaban J connectivity index is 2.17. The number of aliphatic carboxylic acids is 1. The Morgan fingerprint density at radius 1 is 1.32 bits per heavy atom. The first-order valence-electron chi connectivity index (χ1n) is 6.05. The fourth-order valence-electron chi connectivity index (χ4n) is 1.30. The molecular formula is C13H19NO4S. The molecule has 1 unspecified atom stereocenters. The molecule has 0 aromatic heterocycles. The van der Waals surface area contributed by atoms with E-state index in [1.807, 2.05) is 31.2 Å². The van der Waals surface area contributed by atoms with E-state index in [0.717, 1.165) is 11.5 Å². The first kappa shape index (κ1) is 15.7. The van der Waals surface area contributed by atoms with Crippen LogP contribution in [0.15, 0.2) is 24.3 Å². The summed E-state index contributed by atoms with van der Waals surface area (Å²) in [4.78, 5) is 10.5. The molecule has 0 spiro atoms. The third kappa shape index (κ3) is 6.35. The SMILES string of the molecule is CCOc1ccc(OCCSCC(N)C(=O)O)cc1. The third-order valence-electron chi connectivity index (χ3n) is 2.25. The molecule has 0 aliphatic rings. The summed E-state index contributed by atoms with van der Waals surface area (Å²) < 4.78 is 10.8. The van der Waals surface area contributed by atoms with Crippen LogP contribution < -0.4 is 15.2 Å². The molecule has 0 heterocycles. The Kier molecular flexibility index (Phi) is 7.14. The first-order chi connectivity index (χ1) is 9.13. The zero-order valence-corrected chi connectivity index (χ0v) is 11.7. The van der Waals surface area contributed by atoms with E-state index in [0.29, 0.717) is 24.7 Å². The largest absolute Gasteiger partial charge is 0.494 e. The molecule has 106 valence electrons. The van der Waals surface area contributed by atoms with Crippen LogP contribution in [0.1, 0.15) is 6.92 Å². The van der Waals surface area contributed by atoms with E-state index in [9.17, 15) is 4.79 Å². The summed E-state index contributed by atoms with van der Waals surface area (Å²) in [6.07, 6.45) is 0. The van der Waals surface area contributed by atoms with Crippen molar-refractivity contribution in [3.05, 3.63) is 24.3 Å². The highest BCUT2D eigenvalue weighted by molar-refractivity contribution is 7.99. The molecule has 19 heavy (non-hydrogen) atoms. The Hall–Kier alpha value is -1.40. The summed E-state index contributed by atoms with van der Waals surface area (Å²) >= 11 is 1.46. The predicted octanol–water partition coefficient (Wildman–Crippen LogP) is 1.61. The second-order valence-electron chi connectivity index (χ2n) is 3.77. The lowest BCUT2D eigenvalue weighted by Gasteiger charge is -2.08. The molecule has 0 radical (unpaired) electrons. The number of benzene rings is 1. The Morgan fingerprint density at radius 3 is 2.42 bits per heavy atom. The van der Waals surface area contributed by atoms with Gasteiger partial charge in [0.15, 0.2) is 0 Å². The molecule has 0 fully saturated rings. The monoisotopic (exact) mass is 285 g/mol. The van der Waals surface area contributed by atoms with Gasteiger partial charge in [0.1, 0.15) is 17.5 Å². The van der Waals surface area contributed by atoms with Gasteiger partial charge in [-0.2, -0.15) is 11.8 Å². The van der Waals surface area contributed by atoms with Gasteiger partial charge in [-0.25, -0.2) is 0 Å². The lowest BCUT2D eigenvalue weighted by Crippen LogP contribution is -2.32. The molecule has 0 saturated heterocycles. The number of nitrogens with two attached hydrogens (primary N) is 1. The highest BCUT2D eigenvalue weighted by atomic mass is 32.2. The molecule has 3 N–H and O–H groups in total. The van der Waals surface area contributed by atoms with E-state index in [1.165, 1.54) is 11.8 Å². The molecule has 1 rings (SSSR count). The summed E-state index contributed by atoms with van der Waals surface area (Å²) in [5.41, 5.74) is 5.38. The zero-order chi connectivity index (χ0) is 14.1. The smallest absolute Gasteiger partial charge is 0.321 e. The minimum Gasteiger partial charge on any atom is -0.494 e. The van der Waals surface area contributed by atoms with Crippen molar-refractivity contribution in [1.29, 1.82) is 0 Å². The highest BCUT2D eigenvalue weighted by Crippen LogP contribution is 2.17. The fourth-order valence-corrected chi connectivity index (χ4v) is 2.06. The number of hydrogen-bond donors (Lipinski definition) is 2. The maximum absolute atomic E-state index is 10.5. The van der Waals surface area contributed by atoms with E-state index >= 15 is 0 Å². The van der Waals surface area contributed by atoms with Crippen molar-refractivity contribution in [3.8, 4) is 11.5 Å². The summed E-state index contributed by atoms with van der Waals surface area (Å²) in [7, 11) is 0. The molecule has 0 aliphatic carbocycles. The van der Waals surface area contributed by atoms with Gasteiger partial charge >= 0.3 is 5.97 Å². The van der Waals surface area contributed by atoms with Crippen LogP contribution in [0.3, 0.4) is 0 Å². The molecule has 0 bridgehead atoms. The Bertz CT molecular complexity index is 383. The minimum atomic E-state index is -0.972. The number of carboxylic acids is 1. The van der Waals surface area contributed by atoms with Crippen LogP contribution >= 0.6 is 11.8 Å². The summed E-state index contributed by atoms with van der Waals surface area (Å²) in [5.74, 6) is 1.71. The van der Waals surface area contributed by atoms with E-state index in [2.05, 4.69) is 0 Å². The normalized spacial score (nSPS) is 11.9. The molecule has 0 aliphatic heterocycles. The van der Waals surface area contributed by atoms with Crippen molar-refractivity contribution in [2.24, 2.45) is 5.73 Å². The zero-order valence-electron chi connectivity index (χ0n) is 10.9. The molecule has 6 heteroatoms. The van der Waals surface area contributed by atoms with E-state index < -0.39 is 12.0 Å². The number of carboxylic acid groups (broad SMARTS) is 1. The number of ether oxygens (including phenoxy) is 2. The number of thioether (sulfide) groups is 1. The topological polar surface area (TPSA) is 81.8 Å². The summed E-state index contributed by atoms with van der Waals surface area (Å²) in [6.45, 7) is 3.09. The van der Waals surface area contributed by atoms with Crippen LogP contribution in [0.2, 0.25) is 0 Å². The van der Waals surface area contributed by atoms with Gasteiger partial charge in [-0.15, -0.1) is 0 Å². The average Bonchev–Trinajstić information content (AvgIpc) is 2.40. The standard InChI is InChI=1S/C13H19NO4S/c1-2-17-10-3-5-11(6-4-10)18-7-8-19-9-12(14)13(15)16/h3-6,12H,2,7-9,14H2,1H3,(H,15,16). The molecule has 1 aromatic carbocycles. The first-order valence-corrected chi connectivity index (χ1v) is 7.20. The maximum Gasteiger partial charge on any atom is 0.321 e. The van der Waals surface area contributed by atoms with Crippen molar-refractivity contribution >= 4 is 17.7 Å². The fraction of sp³-hybridized carbons (Fsp3) is 0.462. The van der Waals surface area contributed by atoms with Gasteiger partial charge in [0, 0.05) is 11.5 Å². The van der Waals surface area contributed by atoms with Gasteiger partial charge in [-0.05, 0) is 31.2 Å². The summed E-state index contributed by atoms with van der Waals surface area (Å²) in [6, 6.07) is 6.59. The van der Waals surface area contributed by atoms with Crippen LogP contribution in [-0.4, -0.2) is 41.8 Å². The van der Waals surface area contributed by atoms with Crippen LogP contribution in [0.5, 0.6) is 11.5 Å². The van der Waals surface area contributed by atoms with Gasteiger partial charge in [0.2, 0.25) is 0 Å². The van der Waals surface area contributed by atoms with E-state index in [-0.39, 0.29) is 0 Å². The van der Waals surface area contributed by atoms with E-state index in [4.69, 9.17) is 20.3 Å². The Labute approximate surface area is 117 Å². The highest BCUT2D eigenvalue weighted by Gasteiger charge is 2.10. The third-order valence-corrected chi connectivity index (χ3v) is 3.30. The molecule has 1 atom stereocenters. The minimum absolute atomic E-state index is 0.391. The second kappa shape index (κ2) is 8.66. The number of carbonyl (C=O) groups is 1. The molecule has 5 nitrogen and oxygen atoms in total. The molecular weight excluding hydrogens is 266 g/mol. The lowest BCUT2D eigenvalue weighted by molar-refractivity contribution is -0.137. The summed E-state index contributed by atoms with van der Waals surface area (Å²) in [5, 5.41) is 8.60. The Morgan fingerprint density at radius 2 is 1.89 bits per heavy atom. The number of rotatable bonds is 9. The lowest BCUT2D eigenvalue weighted by atomic mass is 10.3. The van der Waals surface area contributed by atoms with E-state index in [1.54, 1.807) is 0 Å². The van der Waals surface area contributed by atoms with Crippen molar-refractivity contribution in [1.82, 2.24) is 0 Å². The van der Waals surface area contributed by atoms with Crippen LogP contribution in [0, 0.1) is 0 Å². The van der Waals surface area contributed by atoms with Gasteiger partial charge in [0.05, 0.1) is 13.2 Å². The van der Waals surface area contributed by atoms with Crippen molar-refractivity contribution < 1.29 is 19.4 Å². The number of hydrogen-bond acceptors (Lipinski definition) is 5. The quantitative estimate of drug-likeness (QED) is 0.671. The van der Waals surface area contributed by atoms with Crippen molar-refractivity contribution in [2.75, 3.05) is 24.7 Å². The van der Waals surface area contributed by atoms with Gasteiger partial charge in [-0.3, -0.25) is 4.79 Å². The molecule has 0 amide bonds.